The summed E-state index contributed by atoms with van der Waals surface area (Å²) in [6, 6.07) is 11.3. The van der Waals surface area contributed by atoms with E-state index in [0.29, 0.717) is 24.4 Å². The average molecular weight is 444 g/mol. The zero-order chi connectivity index (χ0) is 21.5. The van der Waals surface area contributed by atoms with Crippen LogP contribution < -0.4 is 4.90 Å². The first-order chi connectivity index (χ1) is 14.2. The number of amides is 1. The third kappa shape index (κ3) is 4.34. The van der Waals surface area contributed by atoms with Gasteiger partial charge in [-0.1, -0.05) is 35.1 Å². The van der Waals surface area contributed by atoms with Crippen LogP contribution in [0.3, 0.4) is 0 Å². The van der Waals surface area contributed by atoms with Crippen molar-refractivity contribution in [2.75, 3.05) is 37.3 Å². The number of piperazine rings is 1. The van der Waals surface area contributed by atoms with E-state index in [1.165, 1.54) is 23.2 Å². The first-order valence-electron chi connectivity index (χ1n) is 9.90. The highest BCUT2D eigenvalue weighted by Gasteiger charge is 2.23. The number of anilines is 1. The van der Waals surface area contributed by atoms with E-state index in [1.54, 1.807) is 18.2 Å². The van der Waals surface area contributed by atoms with Crippen molar-refractivity contribution in [2.45, 2.75) is 25.2 Å². The molecule has 0 aliphatic carbocycles. The summed E-state index contributed by atoms with van der Waals surface area (Å²) in [4.78, 5) is 21.8. The van der Waals surface area contributed by atoms with Crippen molar-refractivity contribution >= 4 is 42.4 Å². The molecule has 0 saturated carbocycles. The third-order valence-corrected chi connectivity index (χ3v) is 7.71. The molecule has 0 radical (unpaired) electrons. The zero-order valence-corrected chi connectivity index (χ0v) is 19.0. The highest BCUT2D eigenvalue weighted by atomic mass is 32.2. The maximum Gasteiger partial charge on any atom is 0.227 e. The molecule has 1 aliphatic rings. The number of hydrogen-bond donors (Lipinski definition) is 0. The Bertz CT molecular complexity index is 1210. The highest BCUT2D eigenvalue weighted by molar-refractivity contribution is 7.90. The van der Waals surface area contributed by atoms with Gasteiger partial charge in [-0.2, -0.15) is 0 Å². The summed E-state index contributed by atoms with van der Waals surface area (Å²) < 4.78 is 24.4. The molecule has 0 unspecified atom stereocenters. The van der Waals surface area contributed by atoms with Gasteiger partial charge in [0.2, 0.25) is 5.91 Å². The molecule has 0 bridgehead atoms. The Morgan fingerprint density at radius 3 is 2.47 bits per heavy atom. The summed E-state index contributed by atoms with van der Waals surface area (Å²) in [5, 5.41) is 0.872. The maximum absolute atomic E-state index is 12.8. The van der Waals surface area contributed by atoms with E-state index >= 15 is 0 Å². The van der Waals surface area contributed by atoms with E-state index in [4.69, 9.17) is 0 Å². The fourth-order valence-corrected chi connectivity index (χ4v) is 5.50. The standard InChI is InChI=1S/C22H25N3O3S2/c1-15-4-5-17(16(2)12-15)13-21(26)24-8-10-25(11-9-24)22-23-19-7-6-18(30(3,27)28)14-20(19)29-22/h4-7,12,14H,8-11,13H2,1-3H3. The van der Waals surface area contributed by atoms with Crippen LogP contribution in [0.15, 0.2) is 41.3 Å². The van der Waals surface area contributed by atoms with Gasteiger partial charge in [0.05, 0.1) is 21.5 Å². The number of nitrogens with zero attached hydrogens (tertiary/aromatic N) is 3. The molecule has 0 atom stereocenters. The van der Waals surface area contributed by atoms with Crippen molar-refractivity contribution in [3.8, 4) is 0 Å². The zero-order valence-electron chi connectivity index (χ0n) is 17.4. The van der Waals surface area contributed by atoms with Crippen LogP contribution in [0.4, 0.5) is 5.13 Å². The Kier molecular flexibility index (Phi) is 5.55. The number of aryl methyl sites for hydroxylation is 2. The first kappa shape index (κ1) is 20.8. The molecule has 8 heteroatoms. The number of carbonyl (C=O) groups is 1. The van der Waals surface area contributed by atoms with Gasteiger partial charge in [0.25, 0.3) is 0 Å². The van der Waals surface area contributed by atoms with Gasteiger partial charge in [-0.05, 0) is 43.2 Å². The number of fused-ring (bicyclic) bond motifs is 1. The molecule has 1 fully saturated rings. The normalized spacial score (nSPS) is 15.0. The molecule has 1 saturated heterocycles. The van der Waals surface area contributed by atoms with E-state index in [2.05, 4.69) is 35.9 Å². The van der Waals surface area contributed by atoms with E-state index in [-0.39, 0.29) is 5.91 Å². The maximum atomic E-state index is 12.8. The van der Waals surface area contributed by atoms with Crippen molar-refractivity contribution < 1.29 is 13.2 Å². The molecule has 1 amide bonds. The molecule has 3 aromatic rings. The summed E-state index contributed by atoms with van der Waals surface area (Å²) >= 11 is 1.50. The second-order valence-corrected chi connectivity index (χ2v) is 10.9. The predicted molar refractivity (Wildman–Crippen MR) is 121 cm³/mol. The van der Waals surface area contributed by atoms with Crippen LogP contribution in [0, 0.1) is 13.8 Å². The number of benzene rings is 2. The van der Waals surface area contributed by atoms with E-state index in [1.807, 2.05) is 11.0 Å². The van der Waals surface area contributed by atoms with Crippen LogP contribution in [-0.2, 0) is 21.1 Å². The van der Waals surface area contributed by atoms with Gasteiger partial charge in [-0.15, -0.1) is 0 Å². The van der Waals surface area contributed by atoms with Crippen LogP contribution in [-0.4, -0.2) is 56.6 Å². The summed E-state index contributed by atoms with van der Waals surface area (Å²) in [6.07, 6.45) is 1.64. The van der Waals surface area contributed by atoms with E-state index in [9.17, 15) is 13.2 Å². The lowest BCUT2D eigenvalue weighted by molar-refractivity contribution is -0.130. The fraction of sp³-hybridized carbons (Fsp3) is 0.364. The third-order valence-electron chi connectivity index (χ3n) is 5.52. The van der Waals surface area contributed by atoms with Gasteiger partial charge < -0.3 is 9.80 Å². The number of aromatic nitrogens is 1. The highest BCUT2D eigenvalue weighted by Crippen LogP contribution is 2.31. The summed E-state index contributed by atoms with van der Waals surface area (Å²) in [5.74, 6) is 0.156. The molecule has 1 aromatic heterocycles. The molecule has 0 N–H and O–H groups in total. The minimum atomic E-state index is -3.24. The molecule has 0 spiro atoms. The van der Waals surface area contributed by atoms with Crippen molar-refractivity contribution in [3.05, 3.63) is 53.1 Å². The molecule has 2 heterocycles. The van der Waals surface area contributed by atoms with Crippen LogP contribution in [0.25, 0.3) is 10.2 Å². The molecule has 1 aliphatic heterocycles. The first-order valence-corrected chi connectivity index (χ1v) is 12.6. The lowest BCUT2D eigenvalue weighted by Crippen LogP contribution is -2.49. The number of rotatable bonds is 4. The summed E-state index contributed by atoms with van der Waals surface area (Å²) in [5.41, 5.74) is 4.25. The number of carbonyl (C=O) groups excluding carboxylic acids is 1. The largest absolute Gasteiger partial charge is 0.345 e. The average Bonchev–Trinajstić information content (AvgIpc) is 3.13. The van der Waals surface area contributed by atoms with Crippen molar-refractivity contribution in [1.29, 1.82) is 0 Å². The van der Waals surface area contributed by atoms with Gasteiger partial charge in [0.1, 0.15) is 0 Å². The molecule has 2 aromatic carbocycles. The molecule has 30 heavy (non-hydrogen) atoms. The van der Waals surface area contributed by atoms with Gasteiger partial charge in [-0.25, -0.2) is 13.4 Å². The Balaban J connectivity index is 1.42. The summed E-state index contributed by atoms with van der Waals surface area (Å²) in [6.45, 7) is 6.87. The Morgan fingerprint density at radius 2 is 1.80 bits per heavy atom. The second-order valence-electron chi connectivity index (χ2n) is 7.87. The van der Waals surface area contributed by atoms with Crippen LogP contribution >= 0.6 is 11.3 Å². The second kappa shape index (κ2) is 8.00. The Morgan fingerprint density at radius 1 is 1.07 bits per heavy atom. The minimum absolute atomic E-state index is 0.156. The van der Waals surface area contributed by atoms with Gasteiger partial charge >= 0.3 is 0 Å². The topological polar surface area (TPSA) is 70.6 Å². The lowest BCUT2D eigenvalue weighted by Gasteiger charge is -2.34. The van der Waals surface area contributed by atoms with E-state index < -0.39 is 9.84 Å². The van der Waals surface area contributed by atoms with Gasteiger partial charge in [-0.3, -0.25) is 4.79 Å². The molecule has 6 nitrogen and oxygen atoms in total. The molecule has 158 valence electrons. The molecule has 4 rings (SSSR count). The van der Waals surface area contributed by atoms with Gasteiger partial charge in [0.15, 0.2) is 15.0 Å². The Labute approximate surface area is 181 Å². The number of sulfone groups is 1. The SMILES string of the molecule is Cc1ccc(CC(=O)N2CCN(c3nc4ccc(S(C)(=O)=O)cc4s3)CC2)c(C)c1. The van der Waals surface area contributed by atoms with Crippen molar-refractivity contribution in [2.24, 2.45) is 0 Å². The van der Waals surface area contributed by atoms with Crippen LogP contribution in [0.1, 0.15) is 16.7 Å². The van der Waals surface area contributed by atoms with E-state index in [0.717, 1.165) is 39.6 Å². The number of hydrogen-bond acceptors (Lipinski definition) is 6. The molecular formula is C22H25N3O3S2. The molecular weight excluding hydrogens is 418 g/mol. The van der Waals surface area contributed by atoms with Crippen LogP contribution in [0.5, 0.6) is 0 Å². The van der Waals surface area contributed by atoms with Gasteiger partial charge in [0, 0.05) is 32.4 Å². The van der Waals surface area contributed by atoms with Crippen molar-refractivity contribution in [3.63, 3.8) is 0 Å². The minimum Gasteiger partial charge on any atom is -0.345 e. The van der Waals surface area contributed by atoms with Crippen LogP contribution in [0.2, 0.25) is 0 Å². The smallest absolute Gasteiger partial charge is 0.227 e. The predicted octanol–water partition coefficient (Wildman–Crippen LogP) is 3.21. The number of thiazole rings is 1. The quantitative estimate of drug-likeness (QED) is 0.619. The Hall–Kier alpha value is -2.45. The fourth-order valence-electron chi connectivity index (χ4n) is 3.72. The monoisotopic (exact) mass is 443 g/mol. The summed E-state index contributed by atoms with van der Waals surface area (Å²) in [7, 11) is -3.24. The van der Waals surface area contributed by atoms with Crippen molar-refractivity contribution in [1.82, 2.24) is 9.88 Å². The lowest BCUT2D eigenvalue weighted by atomic mass is 10.0.